The Hall–Kier alpha value is -0.283. The van der Waals surface area contributed by atoms with Gasteiger partial charge in [-0.25, -0.2) is 4.79 Å². The Morgan fingerprint density at radius 1 is 1.54 bits per heavy atom. The summed E-state index contributed by atoms with van der Waals surface area (Å²) in [7, 11) is -3.95. The molecule has 0 aliphatic carbocycles. The fourth-order valence-corrected chi connectivity index (χ4v) is 0.956. The summed E-state index contributed by atoms with van der Waals surface area (Å²) in [6.07, 6.45) is 1.06. The number of esters is 1. The molecule has 71 valence electrons. The zero-order valence-electron chi connectivity index (χ0n) is 7.39. The molecule has 0 aromatic carbocycles. The Balaban J connectivity index is 0. The van der Waals surface area contributed by atoms with Crippen LogP contribution < -0.4 is 0 Å². The minimum atomic E-state index is -3.95. The van der Waals surface area contributed by atoms with E-state index in [4.69, 9.17) is 4.55 Å². The normalized spacial score (nSPS) is 9.92. The molecule has 0 aliphatic rings. The van der Waals surface area contributed by atoms with Crippen molar-refractivity contribution in [3.63, 3.8) is 0 Å². The smallest absolute Gasteiger partial charge is 0.330 e. The molecule has 0 rings (SSSR count). The summed E-state index contributed by atoms with van der Waals surface area (Å²) in [5, 5.41) is 0. The zero-order chi connectivity index (χ0) is 9.61. The number of ether oxygens (including phenoxy) is 1. The summed E-state index contributed by atoms with van der Waals surface area (Å²) in [4.78, 5) is 10.4. The molecule has 0 aromatic heterocycles. The quantitative estimate of drug-likeness (QED) is 0.215. The fraction of sp³-hybridized carbons (Fsp3) is 0.500. The van der Waals surface area contributed by atoms with Crippen LogP contribution in [0.5, 0.6) is 0 Å². The first-order valence-corrected chi connectivity index (χ1v) is 4.81. The van der Waals surface area contributed by atoms with Gasteiger partial charge >= 0.3 is 5.97 Å². The number of hydrogen-bond donors (Lipinski definition) is 1. The third-order valence-corrected chi connectivity index (χ3v) is 1.76. The summed E-state index contributed by atoms with van der Waals surface area (Å²) in [6, 6.07) is 0. The largest absolute Gasteiger partial charge is 0.463 e. The van der Waals surface area contributed by atoms with Crippen molar-refractivity contribution in [1.82, 2.24) is 0 Å². The first-order valence-electron chi connectivity index (χ1n) is 3.20. The van der Waals surface area contributed by atoms with E-state index in [1.807, 2.05) is 0 Å². The van der Waals surface area contributed by atoms with Gasteiger partial charge in [0.15, 0.2) is 0 Å². The van der Waals surface area contributed by atoms with Gasteiger partial charge in [0.1, 0.15) is 0 Å². The minimum absolute atomic E-state index is 0. The van der Waals surface area contributed by atoms with Crippen LogP contribution in [0.3, 0.4) is 0 Å². The third kappa shape index (κ3) is 11.7. The first kappa shape index (κ1) is 15.2. The minimum Gasteiger partial charge on any atom is -0.463 e. The van der Waals surface area contributed by atoms with Crippen LogP contribution in [-0.2, 0) is 19.6 Å². The summed E-state index contributed by atoms with van der Waals surface area (Å²) in [6.45, 7) is 3.11. The maximum atomic E-state index is 10.4. The summed E-state index contributed by atoms with van der Waals surface area (Å²) in [5.74, 6) is -1.01. The summed E-state index contributed by atoms with van der Waals surface area (Å²) < 4.78 is 33.0. The van der Waals surface area contributed by atoms with Crippen LogP contribution in [0.15, 0.2) is 12.7 Å². The molecule has 0 aromatic rings. The predicted molar refractivity (Wildman–Crippen MR) is 47.9 cm³/mol. The van der Waals surface area contributed by atoms with Crippen molar-refractivity contribution in [2.75, 3.05) is 12.4 Å². The van der Waals surface area contributed by atoms with Crippen molar-refractivity contribution in [2.45, 2.75) is 6.42 Å². The Labute approximate surface area is 89.1 Å². The topological polar surface area (TPSA) is 80.7 Å². The van der Waals surface area contributed by atoms with E-state index in [9.17, 15) is 13.2 Å². The molecule has 0 bridgehead atoms. The van der Waals surface area contributed by atoms with Crippen LogP contribution in [0.2, 0.25) is 0 Å². The van der Waals surface area contributed by atoms with E-state index in [2.05, 4.69) is 11.3 Å². The molecule has 0 heterocycles. The van der Waals surface area contributed by atoms with E-state index in [-0.39, 0.29) is 31.9 Å². The van der Waals surface area contributed by atoms with Crippen LogP contribution in [0, 0.1) is 0 Å². The van der Waals surface area contributed by atoms with Crippen LogP contribution in [-0.4, -0.2) is 50.2 Å². The molecular formula is C6H10LiO5S. The van der Waals surface area contributed by atoms with Crippen LogP contribution in [0.25, 0.3) is 0 Å². The molecule has 1 radical (unpaired) electrons. The zero-order valence-corrected chi connectivity index (χ0v) is 8.21. The SMILES string of the molecule is C=CC(=O)OCCCS(=O)(=O)O.[Li]. The molecule has 13 heavy (non-hydrogen) atoms. The number of hydrogen-bond acceptors (Lipinski definition) is 4. The molecule has 1 N–H and O–H groups in total. The van der Waals surface area contributed by atoms with Crippen LogP contribution in [0.4, 0.5) is 0 Å². The van der Waals surface area contributed by atoms with E-state index in [1.54, 1.807) is 0 Å². The second-order valence-corrected chi connectivity index (χ2v) is 3.58. The number of carbonyl (C=O) groups excluding carboxylic acids is 1. The molecule has 0 amide bonds. The van der Waals surface area contributed by atoms with Gasteiger partial charge in [0.25, 0.3) is 10.1 Å². The van der Waals surface area contributed by atoms with Gasteiger partial charge in [0.05, 0.1) is 12.4 Å². The van der Waals surface area contributed by atoms with Crippen molar-refractivity contribution >= 4 is 34.9 Å². The van der Waals surface area contributed by atoms with Crippen molar-refractivity contribution in [1.29, 1.82) is 0 Å². The summed E-state index contributed by atoms with van der Waals surface area (Å²) in [5.41, 5.74) is 0. The second kappa shape index (κ2) is 7.15. The Bertz CT molecular complexity index is 258. The monoisotopic (exact) mass is 201 g/mol. The maximum Gasteiger partial charge on any atom is 0.330 e. The first-order chi connectivity index (χ1) is 5.45. The van der Waals surface area contributed by atoms with Gasteiger partial charge in [-0.05, 0) is 6.42 Å². The average molecular weight is 201 g/mol. The fourth-order valence-electron chi connectivity index (χ4n) is 0.473. The molecule has 0 fully saturated rings. The molecule has 5 nitrogen and oxygen atoms in total. The molecule has 0 saturated heterocycles. The molecule has 0 spiro atoms. The van der Waals surface area contributed by atoms with E-state index in [0.29, 0.717) is 0 Å². The van der Waals surface area contributed by atoms with Gasteiger partial charge in [0.2, 0.25) is 0 Å². The number of rotatable bonds is 5. The molecular weight excluding hydrogens is 191 g/mol. The van der Waals surface area contributed by atoms with Gasteiger partial charge in [-0.3, -0.25) is 4.55 Å². The standard InChI is InChI=1S/C6H10O5S.Li/c1-2-6(7)11-4-3-5-12(8,9)10;/h2H,1,3-5H2,(H,8,9,10);. The van der Waals surface area contributed by atoms with E-state index < -0.39 is 21.8 Å². The maximum absolute atomic E-state index is 10.4. The van der Waals surface area contributed by atoms with Crippen molar-refractivity contribution in [2.24, 2.45) is 0 Å². The molecule has 0 saturated carbocycles. The third-order valence-electron chi connectivity index (χ3n) is 0.958. The van der Waals surface area contributed by atoms with Gasteiger partial charge in [-0.2, -0.15) is 8.42 Å². The van der Waals surface area contributed by atoms with Crippen LogP contribution >= 0.6 is 0 Å². The van der Waals surface area contributed by atoms with Gasteiger partial charge in [-0.15, -0.1) is 0 Å². The van der Waals surface area contributed by atoms with Crippen LogP contribution in [0.1, 0.15) is 6.42 Å². The molecule has 7 heteroatoms. The van der Waals surface area contributed by atoms with E-state index in [0.717, 1.165) is 6.08 Å². The van der Waals surface area contributed by atoms with E-state index >= 15 is 0 Å². The average Bonchev–Trinajstić information content (AvgIpc) is 1.96. The Morgan fingerprint density at radius 2 is 2.08 bits per heavy atom. The molecule has 0 aliphatic heterocycles. The van der Waals surface area contributed by atoms with Crippen molar-refractivity contribution in [3.8, 4) is 0 Å². The Kier molecular flexibility index (Phi) is 8.36. The summed E-state index contributed by atoms with van der Waals surface area (Å²) >= 11 is 0. The number of carbonyl (C=O) groups is 1. The Morgan fingerprint density at radius 3 is 2.46 bits per heavy atom. The van der Waals surface area contributed by atoms with Gasteiger partial charge < -0.3 is 4.74 Å². The predicted octanol–water partition coefficient (Wildman–Crippen LogP) is -0.387. The molecule has 0 atom stereocenters. The van der Waals surface area contributed by atoms with Crippen molar-refractivity contribution < 1.29 is 22.5 Å². The molecule has 0 unspecified atom stereocenters. The second-order valence-electron chi connectivity index (χ2n) is 2.01. The van der Waals surface area contributed by atoms with Crippen molar-refractivity contribution in [3.05, 3.63) is 12.7 Å². The van der Waals surface area contributed by atoms with Gasteiger partial charge in [0, 0.05) is 24.9 Å². The van der Waals surface area contributed by atoms with Gasteiger partial charge in [-0.1, -0.05) is 6.58 Å². The van der Waals surface area contributed by atoms with E-state index in [1.165, 1.54) is 0 Å².